The maximum atomic E-state index is 11.9. The number of aromatic nitrogens is 2. The van der Waals surface area contributed by atoms with Crippen LogP contribution in [0.5, 0.6) is 0 Å². The molecular formula is C23H23Cl2N3O4. The Morgan fingerprint density at radius 1 is 0.969 bits per heavy atom. The molecule has 2 unspecified atom stereocenters. The molecule has 1 heterocycles. The minimum Gasteiger partial charge on any atom is -0.480 e. The number of halogens is 2. The summed E-state index contributed by atoms with van der Waals surface area (Å²) in [6, 6.07) is 12.6. The molecule has 3 aromatic rings. The zero-order chi connectivity index (χ0) is 23.1. The zero-order valence-corrected chi connectivity index (χ0v) is 18.6. The lowest BCUT2D eigenvalue weighted by atomic mass is 10.0. The van der Waals surface area contributed by atoms with Crippen LogP contribution in [0, 0.1) is 0 Å². The summed E-state index contributed by atoms with van der Waals surface area (Å²) < 4.78 is 1.79. The quantitative estimate of drug-likeness (QED) is 0.388. The third kappa shape index (κ3) is 6.82. The summed E-state index contributed by atoms with van der Waals surface area (Å²) in [5.41, 5.74) is 2.48. The summed E-state index contributed by atoms with van der Waals surface area (Å²) in [5, 5.41) is 23.1. The van der Waals surface area contributed by atoms with Crippen molar-refractivity contribution in [2.24, 2.45) is 0 Å². The van der Waals surface area contributed by atoms with Crippen LogP contribution >= 0.6 is 23.2 Å². The molecule has 168 valence electrons. The Hall–Kier alpha value is -2.87. The fourth-order valence-electron chi connectivity index (χ4n) is 3.46. The topological polar surface area (TPSA) is 104 Å². The van der Waals surface area contributed by atoms with E-state index in [1.807, 2.05) is 30.3 Å². The van der Waals surface area contributed by atoms with Gasteiger partial charge in [-0.2, -0.15) is 0 Å². The first kappa shape index (κ1) is 23.8. The van der Waals surface area contributed by atoms with E-state index in [-0.39, 0.29) is 12.8 Å². The van der Waals surface area contributed by atoms with Crippen LogP contribution in [0.1, 0.15) is 23.2 Å². The Labute approximate surface area is 195 Å². The highest BCUT2D eigenvalue weighted by atomic mass is 35.5. The molecule has 0 aliphatic carbocycles. The van der Waals surface area contributed by atoms with Gasteiger partial charge in [-0.05, 0) is 42.2 Å². The Morgan fingerprint density at radius 2 is 1.62 bits per heavy atom. The molecule has 0 spiro atoms. The fourth-order valence-corrected chi connectivity index (χ4v) is 4.03. The van der Waals surface area contributed by atoms with Crippen LogP contribution in [0.2, 0.25) is 10.0 Å². The molecule has 0 aliphatic rings. The Balaban J connectivity index is 1.70. The molecule has 9 heteroatoms. The third-order valence-corrected chi connectivity index (χ3v) is 5.49. The second kappa shape index (κ2) is 11.1. The summed E-state index contributed by atoms with van der Waals surface area (Å²) >= 11 is 12.1. The van der Waals surface area contributed by atoms with Gasteiger partial charge in [0.2, 0.25) is 0 Å². The fraction of sp³-hybridized carbons (Fsp3) is 0.261. The van der Waals surface area contributed by atoms with Crippen molar-refractivity contribution < 1.29 is 19.8 Å². The van der Waals surface area contributed by atoms with Crippen molar-refractivity contribution in [1.82, 2.24) is 14.9 Å². The van der Waals surface area contributed by atoms with Crippen LogP contribution in [0.3, 0.4) is 0 Å². The third-order valence-electron chi connectivity index (χ3n) is 5.05. The second-order valence-electron chi connectivity index (χ2n) is 7.47. The summed E-state index contributed by atoms with van der Waals surface area (Å²) in [5.74, 6) is -2.22. The van der Waals surface area contributed by atoms with E-state index in [9.17, 15) is 19.8 Å². The monoisotopic (exact) mass is 475 g/mol. The highest BCUT2D eigenvalue weighted by Gasteiger charge is 2.27. The first-order chi connectivity index (χ1) is 15.3. The molecule has 0 amide bonds. The molecule has 32 heavy (non-hydrogen) atoms. The molecule has 2 aromatic carbocycles. The first-order valence-corrected chi connectivity index (χ1v) is 10.8. The van der Waals surface area contributed by atoms with Crippen molar-refractivity contribution >= 4 is 35.1 Å². The summed E-state index contributed by atoms with van der Waals surface area (Å²) in [6.07, 6.45) is 4.02. The number of rotatable bonds is 11. The lowest BCUT2D eigenvalue weighted by Crippen LogP contribution is -2.48. The molecule has 0 bridgehead atoms. The van der Waals surface area contributed by atoms with Crippen LogP contribution in [-0.4, -0.2) is 43.8 Å². The van der Waals surface area contributed by atoms with Gasteiger partial charge < -0.3 is 14.8 Å². The van der Waals surface area contributed by atoms with E-state index in [0.29, 0.717) is 28.7 Å². The molecular weight excluding hydrogens is 453 g/mol. The normalized spacial score (nSPS) is 12.9. The van der Waals surface area contributed by atoms with Crippen molar-refractivity contribution in [3.63, 3.8) is 0 Å². The number of benzene rings is 2. The number of nitrogens with one attached hydrogen (secondary N) is 1. The molecule has 1 aromatic heterocycles. The van der Waals surface area contributed by atoms with Crippen molar-refractivity contribution in [2.45, 2.75) is 37.9 Å². The van der Waals surface area contributed by atoms with Crippen LogP contribution in [0.25, 0.3) is 0 Å². The van der Waals surface area contributed by atoms with Gasteiger partial charge in [0.05, 0.1) is 6.33 Å². The van der Waals surface area contributed by atoms with E-state index >= 15 is 0 Å². The number of aliphatic carboxylic acids is 2. The van der Waals surface area contributed by atoms with E-state index in [1.165, 1.54) is 0 Å². The highest BCUT2D eigenvalue weighted by Crippen LogP contribution is 2.20. The molecule has 0 fully saturated rings. The first-order valence-electron chi connectivity index (χ1n) is 10.0. The Morgan fingerprint density at radius 3 is 2.25 bits per heavy atom. The van der Waals surface area contributed by atoms with Crippen LogP contribution < -0.4 is 5.32 Å². The lowest BCUT2D eigenvalue weighted by Gasteiger charge is -2.21. The Kier molecular flexibility index (Phi) is 8.27. The number of carboxylic acids is 2. The minimum absolute atomic E-state index is 0.0682. The number of carbonyl (C=O) groups is 2. The number of nitrogens with zero attached hydrogens (tertiary/aromatic N) is 2. The number of hydrogen-bond acceptors (Lipinski definition) is 4. The molecule has 0 radical (unpaired) electrons. The zero-order valence-electron chi connectivity index (χ0n) is 17.1. The standard InChI is InChI=1S/C23H23Cl2N3O4/c24-17-8-16(9-18(25)10-17)13-28-14-26-12-19(28)11-21(23(31)32)27-20(22(29)30)7-6-15-4-2-1-3-5-15/h1-5,8-10,12,14,20-21,27H,6-7,11,13H2,(H,29,30)(H,31,32). The summed E-state index contributed by atoms with van der Waals surface area (Å²) in [7, 11) is 0. The molecule has 0 aliphatic heterocycles. The molecule has 2 atom stereocenters. The lowest BCUT2D eigenvalue weighted by molar-refractivity contribution is -0.142. The number of imidazole rings is 1. The molecule has 7 nitrogen and oxygen atoms in total. The maximum absolute atomic E-state index is 11.9. The van der Waals surface area contributed by atoms with E-state index in [4.69, 9.17) is 23.2 Å². The van der Waals surface area contributed by atoms with Gasteiger partial charge in [0.25, 0.3) is 0 Å². The highest BCUT2D eigenvalue weighted by molar-refractivity contribution is 6.34. The van der Waals surface area contributed by atoms with E-state index in [1.54, 1.807) is 35.3 Å². The van der Waals surface area contributed by atoms with Gasteiger partial charge in [-0.25, -0.2) is 4.98 Å². The number of aryl methyl sites for hydroxylation is 1. The van der Waals surface area contributed by atoms with Crippen molar-refractivity contribution in [3.05, 3.63) is 87.9 Å². The Bertz CT molecular complexity index is 1050. The van der Waals surface area contributed by atoms with E-state index in [2.05, 4.69) is 10.3 Å². The SMILES string of the molecule is O=C(O)C(CCc1ccccc1)NC(Cc1cncn1Cc1cc(Cl)cc(Cl)c1)C(=O)O. The van der Waals surface area contributed by atoms with E-state index in [0.717, 1.165) is 11.1 Å². The van der Waals surface area contributed by atoms with Gasteiger partial charge in [0.15, 0.2) is 0 Å². The van der Waals surface area contributed by atoms with Gasteiger partial charge in [-0.1, -0.05) is 53.5 Å². The average Bonchev–Trinajstić information content (AvgIpc) is 3.16. The van der Waals surface area contributed by atoms with Gasteiger partial charge >= 0.3 is 11.9 Å². The molecule has 3 N–H and O–H groups in total. The van der Waals surface area contributed by atoms with Gasteiger partial charge in [0.1, 0.15) is 12.1 Å². The van der Waals surface area contributed by atoms with Crippen LogP contribution in [0.4, 0.5) is 0 Å². The maximum Gasteiger partial charge on any atom is 0.321 e. The smallest absolute Gasteiger partial charge is 0.321 e. The predicted molar refractivity (Wildman–Crippen MR) is 122 cm³/mol. The molecule has 3 rings (SSSR count). The van der Waals surface area contributed by atoms with E-state index < -0.39 is 24.0 Å². The van der Waals surface area contributed by atoms with Crippen molar-refractivity contribution in [1.29, 1.82) is 0 Å². The van der Waals surface area contributed by atoms with Crippen molar-refractivity contribution in [3.8, 4) is 0 Å². The summed E-state index contributed by atoms with van der Waals surface area (Å²) in [6.45, 7) is 0.401. The average molecular weight is 476 g/mol. The number of hydrogen-bond donors (Lipinski definition) is 3. The molecule has 0 saturated carbocycles. The van der Waals surface area contributed by atoms with Gasteiger partial charge in [0, 0.05) is 34.9 Å². The van der Waals surface area contributed by atoms with Crippen LogP contribution in [-0.2, 0) is 29.0 Å². The van der Waals surface area contributed by atoms with Gasteiger partial charge in [-0.15, -0.1) is 0 Å². The van der Waals surface area contributed by atoms with Crippen LogP contribution in [0.15, 0.2) is 61.1 Å². The van der Waals surface area contributed by atoms with Gasteiger partial charge in [-0.3, -0.25) is 14.9 Å². The second-order valence-corrected chi connectivity index (χ2v) is 8.34. The van der Waals surface area contributed by atoms with Crippen molar-refractivity contribution in [2.75, 3.05) is 0 Å². The largest absolute Gasteiger partial charge is 0.480 e. The molecule has 0 saturated heterocycles. The predicted octanol–water partition coefficient (Wildman–Crippen LogP) is 3.91. The minimum atomic E-state index is -1.13. The summed E-state index contributed by atoms with van der Waals surface area (Å²) in [4.78, 5) is 27.8. The number of carboxylic acid groups (broad SMARTS) is 2.